The molecule has 4 nitrogen and oxygen atoms in total. The van der Waals surface area contributed by atoms with E-state index in [1.54, 1.807) is 0 Å². The molecule has 2 aliphatic rings. The average Bonchev–Trinajstić information content (AvgIpc) is 2.48. The van der Waals surface area contributed by atoms with E-state index in [4.69, 9.17) is 0 Å². The second kappa shape index (κ2) is 6.16. The van der Waals surface area contributed by atoms with E-state index in [9.17, 15) is 4.79 Å². The van der Waals surface area contributed by atoms with Crippen molar-refractivity contribution in [3.05, 3.63) is 24.3 Å². The van der Waals surface area contributed by atoms with Crippen LogP contribution in [-0.2, 0) is 4.79 Å². The van der Waals surface area contributed by atoms with Crippen molar-refractivity contribution < 1.29 is 4.79 Å². The maximum atomic E-state index is 12.2. The monoisotopic (exact) mass is 273 g/mol. The van der Waals surface area contributed by atoms with E-state index in [0.29, 0.717) is 12.6 Å². The quantitative estimate of drug-likeness (QED) is 0.888. The molecule has 0 aromatic heterocycles. The average molecular weight is 273 g/mol. The molecular formula is C16H23N3O. The van der Waals surface area contributed by atoms with E-state index >= 15 is 0 Å². The number of anilines is 2. The molecule has 20 heavy (non-hydrogen) atoms. The lowest BCUT2D eigenvalue weighted by Crippen LogP contribution is -2.45. The van der Waals surface area contributed by atoms with Crippen molar-refractivity contribution in [1.29, 1.82) is 0 Å². The highest BCUT2D eigenvalue weighted by Gasteiger charge is 2.20. The van der Waals surface area contributed by atoms with Crippen LogP contribution in [0, 0.1) is 0 Å². The highest BCUT2D eigenvalue weighted by atomic mass is 16.2. The van der Waals surface area contributed by atoms with Crippen LogP contribution in [0.4, 0.5) is 11.4 Å². The number of nitrogens with one attached hydrogen (secondary N) is 2. The highest BCUT2D eigenvalue weighted by Crippen LogP contribution is 2.28. The van der Waals surface area contributed by atoms with E-state index in [2.05, 4.69) is 27.7 Å². The second-order valence-corrected chi connectivity index (χ2v) is 5.77. The van der Waals surface area contributed by atoms with Crippen molar-refractivity contribution in [1.82, 2.24) is 5.32 Å². The van der Waals surface area contributed by atoms with Crippen LogP contribution in [0.1, 0.15) is 32.1 Å². The van der Waals surface area contributed by atoms with Crippen molar-refractivity contribution in [3.63, 3.8) is 0 Å². The predicted octanol–water partition coefficient (Wildman–Crippen LogP) is 2.37. The first-order valence-corrected chi connectivity index (χ1v) is 7.70. The van der Waals surface area contributed by atoms with Crippen LogP contribution >= 0.6 is 0 Å². The maximum Gasteiger partial charge on any atom is 0.239 e. The smallest absolute Gasteiger partial charge is 0.239 e. The molecule has 0 bridgehead atoms. The lowest BCUT2D eigenvalue weighted by Gasteiger charge is -2.32. The normalized spacial score (nSPS) is 19.1. The Morgan fingerprint density at radius 1 is 1.25 bits per heavy atom. The summed E-state index contributed by atoms with van der Waals surface area (Å²) in [5.74, 6) is 0.161. The number of rotatable bonds is 3. The van der Waals surface area contributed by atoms with Gasteiger partial charge in [-0.2, -0.15) is 0 Å². The number of para-hydroxylation sites is 2. The van der Waals surface area contributed by atoms with E-state index in [1.807, 2.05) is 12.1 Å². The van der Waals surface area contributed by atoms with Gasteiger partial charge < -0.3 is 15.5 Å². The first-order chi connectivity index (χ1) is 9.83. The largest absolute Gasteiger partial charge is 0.382 e. The predicted molar refractivity (Wildman–Crippen MR) is 82.2 cm³/mol. The minimum atomic E-state index is 0.161. The summed E-state index contributed by atoms with van der Waals surface area (Å²) in [7, 11) is 0. The van der Waals surface area contributed by atoms with Crippen LogP contribution in [-0.4, -0.2) is 31.6 Å². The second-order valence-electron chi connectivity index (χ2n) is 5.77. The number of nitrogens with zero attached hydrogens (tertiary/aromatic N) is 1. The van der Waals surface area contributed by atoms with Crippen molar-refractivity contribution in [2.24, 2.45) is 0 Å². The summed E-state index contributed by atoms with van der Waals surface area (Å²) in [5.41, 5.74) is 2.27. The van der Waals surface area contributed by atoms with Gasteiger partial charge in [-0.1, -0.05) is 31.4 Å². The molecule has 1 amide bonds. The summed E-state index contributed by atoms with van der Waals surface area (Å²) < 4.78 is 0. The summed E-state index contributed by atoms with van der Waals surface area (Å²) in [6.45, 7) is 2.25. The molecule has 1 aliphatic carbocycles. The molecule has 1 heterocycles. The van der Waals surface area contributed by atoms with Crippen molar-refractivity contribution in [3.8, 4) is 0 Å². The van der Waals surface area contributed by atoms with Crippen molar-refractivity contribution >= 4 is 17.3 Å². The molecule has 1 aromatic rings. The molecule has 1 saturated carbocycles. The Morgan fingerprint density at radius 2 is 2.05 bits per heavy atom. The highest BCUT2D eigenvalue weighted by molar-refractivity contribution is 5.84. The van der Waals surface area contributed by atoms with E-state index in [1.165, 1.54) is 19.3 Å². The van der Waals surface area contributed by atoms with Crippen LogP contribution in [0.25, 0.3) is 0 Å². The molecule has 0 atom stereocenters. The van der Waals surface area contributed by atoms with Gasteiger partial charge in [-0.25, -0.2) is 0 Å². The minimum absolute atomic E-state index is 0.161. The van der Waals surface area contributed by atoms with Gasteiger partial charge in [0, 0.05) is 19.1 Å². The first-order valence-electron chi connectivity index (χ1n) is 7.70. The lowest BCUT2D eigenvalue weighted by molar-refractivity contribution is -0.120. The van der Waals surface area contributed by atoms with E-state index < -0.39 is 0 Å². The lowest BCUT2D eigenvalue weighted by atomic mass is 9.95. The molecule has 0 radical (unpaired) electrons. The SMILES string of the molecule is O=C(CN1CCNc2ccccc21)NC1CCCCC1. The summed E-state index contributed by atoms with van der Waals surface area (Å²) >= 11 is 0. The van der Waals surface area contributed by atoms with Crippen molar-refractivity contribution in [2.45, 2.75) is 38.1 Å². The first kappa shape index (κ1) is 13.3. The molecule has 1 fully saturated rings. The number of hydrogen-bond acceptors (Lipinski definition) is 3. The van der Waals surface area contributed by atoms with Gasteiger partial charge in [0.1, 0.15) is 0 Å². The van der Waals surface area contributed by atoms with Crippen LogP contribution in [0.3, 0.4) is 0 Å². The third-order valence-electron chi connectivity index (χ3n) is 4.25. The van der Waals surface area contributed by atoms with E-state index in [-0.39, 0.29) is 5.91 Å². The third-order valence-corrected chi connectivity index (χ3v) is 4.25. The number of amides is 1. The zero-order valence-electron chi connectivity index (χ0n) is 11.9. The molecule has 0 spiro atoms. The number of carbonyl (C=O) groups excluding carboxylic acids is 1. The van der Waals surface area contributed by atoms with Gasteiger partial charge >= 0.3 is 0 Å². The van der Waals surface area contributed by atoms with Crippen LogP contribution in [0.2, 0.25) is 0 Å². The number of carbonyl (C=O) groups is 1. The van der Waals surface area contributed by atoms with Gasteiger partial charge in [-0.3, -0.25) is 4.79 Å². The number of benzene rings is 1. The van der Waals surface area contributed by atoms with Crippen LogP contribution < -0.4 is 15.5 Å². The molecule has 0 unspecified atom stereocenters. The Hall–Kier alpha value is -1.71. The van der Waals surface area contributed by atoms with Gasteiger partial charge in [0.05, 0.1) is 17.9 Å². The molecule has 0 saturated heterocycles. The zero-order chi connectivity index (χ0) is 13.8. The molecular weight excluding hydrogens is 250 g/mol. The summed E-state index contributed by atoms with van der Waals surface area (Å²) in [4.78, 5) is 14.4. The fourth-order valence-electron chi connectivity index (χ4n) is 3.20. The fourth-order valence-corrected chi connectivity index (χ4v) is 3.20. The summed E-state index contributed by atoms with van der Waals surface area (Å²) in [6, 6.07) is 8.60. The van der Waals surface area contributed by atoms with Gasteiger partial charge in [0.15, 0.2) is 0 Å². The summed E-state index contributed by atoms with van der Waals surface area (Å²) in [5, 5.41) is 6.57. The Bertz CT molecular complexity index is 469. The third kappa shape index (κ3) is 3.06. The molecule has 4 heteroatoms. The topological polar surface area (TPSA) is 44.4 Å². The number of fused-ring (bicyclic) bond motifs is 1. The molecule has 1 aliphatic heterocycles. The minimum Gasteiger partial charge on any atom is -0.382 e. The Balaban J connectivity index is 1.59. The molecule has 2 N–H and O–H groups in total. The fraction of sp³-hybridized carbons (Fsp3) is 0.562. The zero-order valence-corrected chi connectivity index (χ0v) is 11.9. The van der Waals surface area contributed by atoms with Crippen LogP contribution in [0.5, 0.6) is 0 Å². The molecule has 108 valence electrons. The van der Waals surface area contributed by atoms with Gasteiger partial charge in [-0.15, -0.1) is 0 Å². The molecule has 1 aromatic carbocycles. The molecule has 3 rings (SSSR count). The van der Waals surface area contributed by atoms with Gasteiger partial charge in [0.25, 0.3) is 0 Å². The summed E-state index contributed by atoms with van der Waals surface area (Å²) in [6.07, 6.45) is 6.11. The standard InChI is InChI=1S/C16H23N3O/c20-16(18-13-6-2-1-3-7-13)12-19-11-10-17-14-8-4-5-9-15(14)19/h4-5,8-9,13,17H,1-3,6-7,10-12H2,(H,18,20). The Morgan fingerprint density at radius 3 is 2.90 bits per heavy atom. The maximum absolute atomic E-state index is 12.2. The van der Waals surface area contributed by atoms with E-state index in [0.717, 1.165) is 37.3 Å². The van der Waals surface area contributed by atoms with Gasteiger partial charge in [0.2, 0.25) is 5.91 Å². The van der Waals surface area contributed by atoms with Crippen molar-refractivity contribution in [2.75, 3.05) is 29.9 Å². The Kier molecular flexibility index (Phi) is 4.09. The Labute approximate surface area is 120 Å². The van der Waals surface area contributed by atoms with Gasteiger partial charge in [-0.05, 0) is 25.0 Å². The number of hydrogen-bond donors (Lipinski definition) is 2. The van der Waals surface area contributed by atoms with Crippen LogP contribution in [0.15, 0.2) is 24.3 Å².